The van der Waals surface area contributed by atoms with Gasteiger partial charge in [0.15, 0.2) is 17.2 Å². The molecule has 2 N–H and O–H groups in total. The number of hydrogen-bond donors (Lipinski definition) is 2. The molecule has 0 radical (unpaired) electrons. The van der Waals surface area contributed by atoms with Crippen LogP contribution in [0.4, 0.5) is 4.39 Å². The smallest absolute Gasteiger partial charge is 0.164 e. The Kier molecular flexibility index (Phi) is 3.54. The molecular weight excluding hydrogens is 345 g/mol. The van der Waals surface area contributed by atoms with Gasteiger partial charge in [-0.3, -0.25) is 0 Å². The Morgan fingerprint density at radius 2 is 1.76 bits per heavy atom. The third kappa shape index (κ3) is 2.66. The maximum absolute atomic E-state index is 13.2. The number of halogens is 2. The molecule has 0 aliphatic carbocycles. The van der Waals surface area contributed by atoms with Crippen molar-refractivity contribution in [1.29, 1.82) is 0 Å². The maximum Gasteiger partial charge on any atom is 0.164 e. The van der Waals surface area contributed by atoms with Crippen LogP contribution in [0, 0.1) is 5.82 Å². The lowest BCUT2D eigenvalue weighted by atomic mass is 10.1. The van der Waals surface area contributed by atoms with Crippen molar-refractivity contribution in [3.63, 3.8) is 0 Å². The molecule has 5 nitrogen and oxygen atoms in total. The number of rotatable bonds is 2. The summed E-state index contributed by atoms with van der Waals surface area (Å²) in [6.07, 6.45) is 3.29. The van der Waals surface area contributed by atoms with E-state index in [9.17, 15) is 14.6 Å². The summed E-state index contributed by atoms with van der Waals surface area (Å²) in [4.78, 5) is 4.42. The first-order valence-corrected chi connectivity index (χ1v) is 7.72. The van der Waals surface area contributed by atoms with Crippen LogP contribution in [-0.4, -0.2) is 25.0 Å². The van der Waals surface area contributed by atoms with Crippen molar-refractivity contribution in [1.82, 2.24) is 14.8 Å². The monoisotopic (exact) mass is 355 g/mol. The molecule has 25 heavy (non-hydrogen) atoms. The summed E-state index contributed by atoms with van der Waals surface area (Å²) >= 11 is 5.95. The van der Waals surface area contributed by atoms with Gasteiger partial charge in [0.2, 0.25) is 0 Å². The normalized spacial score (nSPS) is 11.1. The van der Waals surface area contributed by atoms with E-state index in [0.717, 1.165) is 16.5 Å². The summed E-state index contributed by atoms with van der Waals surface area (Å²) in [5, 5.41) is 24.4. The summed E-state index contributed by atoms with van der Waals surface area (Å²) in [5.41, 5.74) is 2.70. The summed E-state index contributed by atoms with van der Waals surface area (Å²) in [6.45, 7) is 0. The predicted molar refractivity (Wildman–Crippen MR) is 92.6 cm³/mol. The van der Waals surface area contributed by atoms with Crippen LogP contribution < -0.4 is 0 Å². The average molecular weight is 356 g/mol. The molecule has 0 saturated carbocycles. The van der Waals surface area contributed by atoms with E-state index in [1.165, 1.54) is 28.9 Å². The molecule has 7 heteroatoms. The van der Waals surface area contributed by atoms with E-state index in [1.807, 2.05) is 6.07 Å². The first-order valence-electron chi connectivity index (χ1n) is 7.34. The van der Waals surface area contributed by atoms with Crippen molar-refractivity contribution >= 4 is 22.6 Å². The molecule has 0 amide bonds. The third-order valence-corrected chi connectivity index (χ3v) is 4.17. The van der Waals surface area contributed by atoms with Gasteiger partial charge in [-0.05, 0) is 35.9 Å². The van der Waals surface area contributed by atoms with E-state index < -0.39 is 11.6 Å². The Morgan fingerprint density at radius 3 is 2.52 bits per heavy atom. The number of aromatic nitrogens is 3. The van der Waals surface area contributed by atoms with Crippen molar-refractivity contribution in [3.8, 4) is 28.3 Å². The minimum absolute atomic E-state index is 0.0170. The quantitative estimate of drug-likeness (QED) is 0.562. The second kappa shape index (κ2) is 5.75. The molecule has 0 saturated heterocycles. The van der Waals surface area contributed by atoms with Crippen molar-refractivity contribution in [2.75, 3.05) is 0 Å². The number of hydrogen-bond acceptors (Lipinski definition) is 4. The minimum atomic E-state index is -0.695. The zero-order valence-corrected chi connectivity index (χ0v) is 13.4. The fourth-order valence-corrected chi connectivity index (χ4v) is 2.77. The van der Waals surface area contributed by atoms with Gasteiger partial charge in [0.05, 0.1) is 16.9 Å². The van der Waals surface area contributed by atoms with Gasteiger partial charge < -0.3 is 10.2 Å². The third-order valence-electron chi connectivity index (χ3n) is 3.86. The molecule has 0 bridgehead atoms. The van der Waals surface area contributed by atoms with E-state index in [2.05, 4.69) is 10.1 Å². The van der Waals surface area contributed by atoms with Crippen LogP contribution in [0.2, 0.25) is 5.02 Å². The van der Waals surface area contributed by atoms with Crippen molar-refractivity contribution in [3.05, 3.63) is 65.7 Å². The topological polar surface area (TPSA) is 71.2 Å². The number of fused-ring (bicyclic) bond motifs is 1. The molecule has 4 rings (SSSR count). The van der Waals surface area contributed by atoms with Crippen LogP contribution in [0.25, 0.3) is 27.8 Å². The molecule has 2 heterocycles. The number of nitrogens with zero attached hydrogens (tertiary/aromatic N) is 3. The summed E-state index contributed by atoms with van der Waals surface area (Å²) < 4.78 is 14.7. The van der Waals surface area contributed by atoms with Crippen LogP contribution in [0.5, 0.6) is 11.5 Å². The molecular formula is C18H11ClFN3O2. The standard InChI is InChI=1S/C18H11ClFN3O2/c19-14-6-10(1-4-16(14)24)11-5-12-9-22-23(18(12)21-8-11)13-2-3-15(20)17(25)7-13/h1-9,24-25H. The summed E-state index contributed by atoms with van der Waals surface area (Å²) in [6, 6.07) is 10.8. The summed E-state index contributed by atoms with van der Waals surface area (Å²) in [7, 11) is 0. The van der Waals surface area contributed by atoms with Gasteiger partial charge in [-0.1, -0.05) is 17.7 Å². The second-order valence-electron chi connectivity index (χ2n) is 5.50. The summed E-state index contributed by atoms with van der Waals surface area (Å²) in [5.74, 6) is -1.13. The number of pyridine rings is 1. The van der Waals surface area contributed by atoms with Gasteiger partial charge in [0, 0.05) is 23.2 Å². The lowest BCUT2D eigenvalue weighted by Crippen LogP contribution is -1.97. The molecule has 0 unspecified atom stereocenters. The van der Waals surface area contributed by atoms with E-state index in [0.29, 0.717) is 11.3 Å². The molecule has 2 aromatic carbocycles. The van der Waals surface area contributed by atoms with E-state index >= 15 is 0 Å². The SMILES string of the molecule is Oc1cc(-n2ncc3cc(-c4ccc(O)c(Cl)c4)cnc32)ccc1F. The fraction of sp³-hybridized carbons (Fsp3) is 0. The zero-order valence-electron chi connectivity index (χ0n) is 12.7. The molecule has 0 atom stereocenters. The Hall–Kier alpha value is -3.12. The Morgan fingerprint density at radius 1 is 0.920 bits per heavy atom. The van der Waals surface area contributed by atoms with Gasteiger partial charge in [0.25, 0.3) is 0 Å². The van der Waals surface area contributed by atoms with Gasteiger partial charge >= 0.3 is 0 Å². The number of benzene rings is 2. The van der Waals surface area contributed by atoms with Crippen LogP contribution in [-0.2, 0) is 0 Å². The molecule has 0 aliphatic heterocycles. The lowest BCUT2D eigenvalue weighted by molar-refractivity contribution is 0.432. The van der Waals surface area contributed by atoms with Gasteiger partial charge in [-0.25, -0.2) is 14.1 Å². The number of phenols is 2. The zero-order chi connectivity index (χ0) is 17.6. The Bertz CT molecular complexity index is 1110. The van der Waals surface area contributed by atoms with Crippen LogP contribution in [0.15, 0.2) is 54.9 Å². The van der Waals surface area contributed by atoms with Gasteiger partial charge in [-0.15, -0.1) is 0 Å². The highest BCUT2D eigenvalue weighted by Gasteiger charge is 2.11. The second-order valence-corrected chi connectivity index (χ2v) is 5.90. The van der Waals surface area contributed by atoms with Crippen LogP contribution in [0.3, 0.4) is 0 Å². The first-order chi connectivity index (χ1) is 12.0. The lowest BCUT2D eigenvalue weighted by Gasteiger charge is -2.06. The Labute approximate surface area is 146 Å². The van der Waals surface area contributed by atoms with Crippen LogP contribution in [0.1, 0.15) is 0 Å². The molecule has 0 fully saturated rings. The molecule has 4 aromatic rings. The largest absolute Gasteiger partial charge is 0.506 e. The van der Waals surface area contributed by atoms with Gasteiger partial charge in [-0.2, -0.15) is 5.10 Å². The highest BCUT2D eigenvalue weighted by molar-refractivity contribution is 6.32. The molecule has 2 aromatic heterocycles. The number of phenolic OH excluding ortho intramolecular Hbond substituents is 2. The Balaban J connectivity index is 1.81. The van der Waals surface area contributed by atoms with Crippen molar-refractivity contribution < 1.29 is 14.6 Å². The van der Waals surface area contributed by atoms with E-state index in [4.69, 9.17) is 11.6 Å². The highest BCUT2D eigenvalue weighted by atomic mass is 35.5. The average Bonchev–Trinajstić information content (AvgIpc) is 3.03. The molecule has 124 valence electrons. The highest BCUT2D eigenvalue weighted by Crippen LogP contribution is 2.31. The van der Waals surface area contributed by atoms with Crippen molar-refractivity contribution in [2.24, 2.45) is 0 Å². The van der Waals surface area contributed by atoms with Gasteiger partial charge in [0.1, 0.15) is 5.75 Å². The molecule has 0 aliphatic rings. The van der Waals surface area contributed by atoms with Crippen molar-refractivity contribution in [2.45, 2.75) is 0 Å². The first kappa shape index (κ1) is 15.4. The predicted octanol–water partition coefficient (Wildman–Crippen LogP) is 4.29. The minimum Gasteiger partial charge on any atom is -0.506 e. The van der Waals surface area contributed by atoms with E-state index in [1.54, 1.807) is 24.5 Å². The van der Waals surface area contributed by atoms with Crippen LogP contribution >= 0.6 is 11.6 Å². The fourth-order valence-electron chi connectivity index (χ4n) is 2.59. The molecule has 0 spiro atoms. The maximum atomic E-state index is 13.2. The number of aromatic hydroxyl groups is 2. The van der Waals surface area contributed by atoms with E-state index in [-0.39, 0.29) is 10.8 Å².